The van der Waals surface area contributed by atoms with Crippen LogP contribution < -0.4 is 10.1 Å². The Hall–Kier alpha value is -3.55. The molecule has 0 aliphatic heterocycles. The van der Waals surface area contributed by atoms with Crippen LogP contribution in [0.4, 0.5) is 14.5 Å². The lowest BCUT2D eigenvalue weighted by Gasteiger charge is -2.19. The van der Waals surface area contributed by atoms with E-state index in [2.05, 4.69) is 10.1 Å². The number of carbonyl (C=O) groups excluding carboxylic acids is 2. The van der Waals surface area contributed by atoms with Gasteiger partial charge in [-0.2, -0.15) is 8.78 Å². The Labute approximate surface area is 177 Å². The van der Waals surface area contributed by atoms with E-state index in [1.807, 2.05) is 24.3 Å². The molecule has 0 saturated carbocycles. The zero-order valence-corrected chi connectivity index (χ0v) is 16.6. The summed E-state index contributed by atoms with van der Waals surface area (Å²) in [5, 5.41) is 3.27. The normalized spacial score (nSPS) is 13.0. The van der Waals surface area contributed by atoms with Crippen LogP contribution >= 0.6 is 0 Å². The number of hydrogen-bond donors (Lipinski definition) is 1. The number of amides is 1. The van der Waals surface area contributed by atoms with Crippen molar-refractivity contribution in [2.75, 3.05) is 11.9 Å². The topological polar surface area (TPSA) is 77.5 Å². The van der Waals surface area contributed by atoms with Gasteiger partial charge in [0.1, 0.15) is 5.75 Å². The standard InChI is InChI=1S/C23H20F2N2O4/c24-23(25)31-15-11-9-14(10-12-15)26-20(28)13-30-22(29)21-16-5-1-3-7-18(16)27-19-8-4-2-6-17(19)21/h1,3,5,7,9-12,23H,2,4,6,8,13H2,(H,26,28). The molecule has 4 rings (SSSR count). The monoisotopic (exact) mass is 426 g/mol. The molecule has 1 aliphatic rings. The third-order valence-electron chi connectivity index (χ3n) is 5.07. The molecule has 3 aromatic rings. The number of alkyl halides is 2. The van der Waals surface area contributed by atoms with Crippen molar-refractivity contribution < 1.29 is 27.8 Å². The molecular weight excluding hydrogens is 406 g/mol. The average Bonchev–Trinajstić information content (AvgIpc) is 2.77. The highest BCUT2D eigenvalue weighted by Gasteiger charge is 2.24. The summed E-state index contributed by atoms with van der Waals surface area (Å²) in [6.07, 6.45) is 3.55. The molecule has 0 radical (unpaired) electrons. The van der Waals surface area contributed by atoms with E-state index in [-0.39, 0.29) is 5.75 Å². The first kappa shape index (κ1) is 20.7. The largest absolute Gasteiger partial charge is 0.452 e. The third-order valence-corrected chi connectivity index (χ3v) is 5.07. The smallest absolute Gasteiger partial charge is 0.387 e. The van der Waals surface area contributed by atoms with E-state index in [4.69, 9.17) is 9.72 Å². The van der Waals surface area contributed by atoms with Crippen LogP contribution in [0.2, 0.25) is 0 Å². The zero-order valence-electron chi connectivity index (χ0n) is 16.6. The van der Waals surface area contributed by atoms with Crippen molar-refractivity contribution in [3.8, 4) is 5.75 Å². The van der Waals surface area contributed by atoms with Crippen molar-refractivity contribution >= 4 is 28.5 Å². The molecule has 8 heteroatoms. The van der Waals surface area contributed by atoms with Gasteiger partial charge in [0.05, 0.1) is 11.1 Å². The van der Waals surface area contributed by atoms with Crippen LogP contribution in [0.5, 0.6) is 5.75 Å². The second kappa shape index (κ2) is 9.07. The van der Waals surface area contributed by atoms with Crippen LogP contribution in [0.3, 0.4) is 0 Å². The van der Waals surface area contributed by atoms with E-state index in [0.717, 1.165) is 42.5 Å². The lowest BCUT2D eigenvalue weighted by molar-refractivity contribution is -0.119. The van der Waals surface area contributed by atoms with Gasteiger partial charge >= 0.3 is 12.6 Å². The second-order valence-electron chi connectivity index (χ2n) is 7.16. The summed E-state index contributed by atoms with van der Waals surface area (Å²) in [7, 11) is 0. The fourth-order valence-electron chi connectivity index (χ4n) is 3.73. The van der Waals surface area contributed by atoms with Gasteiger partial charge in [0.15, 0.2) is 6.61 Å². The predicted octanol–water partition coefficient (Wildman–Crippen LogP) is 4.51. The Morgan fingerprint density at radius 1 is 1.03 bits per heavy atom. The fourth-order valence-corrected chi connectivity index (χ4v) is 3.73. The first-order valence-electron chi connectivity index (χ1n) is 9.93. The summed E-state index contributed by atoms with van der Waals surface area (Å²) in [4.78, 5) is 29.8. The van der Waals surface area contributed by atoms with Crippen molar-refractivity contribution in [1.82, 2.24) is 4.98 Å². The van der Waals surface area contributed by atoms with E-state index in [1.54, 1.807) is 0 Å². The highest BCUT2D eigenvalue weighted by molar-refractivity contribution is 6.06. The molecule has 0 fully saturated rings. The van der Waals surface area contributed by atoms with Crippen LogP contribution in [0.25, 0.3) is 10.9 Å². The molecule has 0 saturated heterocycles. The van der Waals surface area contributed by atoms with E-state index >= 15 is 0 Å². The minimum atomic E-state index is -2.92. The number of nitrogens with zero attached hydrogens (tertiary/aromatic N) is 1. The number of anilines is 1. The Balaban J connectivity index is 1.45. The maximum atomic E-state index is 12.9. The van der Waals surface area contributed by atoms with Crippen molar-refractivity contribution in [2.24, 2.45) is 0 Å². The SMILES string of the molecule is O=C(COC(=O)c1c2c(nc3ccccc13)CCCC2)Nc1ccc(OC(F)F)cc1. The number of pyridine rings is 1. The molecule has 0 spiro atoms. The Bertz CT molecular complexity index is 1120. The third kappa shape index (κ3) is 4.79. The van der Waals surface area contributed by atoms with Gasteiger partial charge in [0.2, 0.25) is 0 Å². The summed E-state index contributed by atoms with van der Waals surface area (Å²) < 4.78 is 34.0. The van der Waals surface area contributed by atoms with Gasteiger partial charge in [0.25, 0.3) is 5.91 Å². The zero-order chi connectivity index (χ0) is 21.8. The number of aromatic nitrogens is 1. The van der Waals surface area contributed by atoms with E-state index in [0.29, 0.717) is 16.6 Å². The number of esters is 1. The first-order valence-corrected chi connectivity index (χ1v) is 9.93. The summed E-state index contributed by atoms with van der Waals surface area (Å²) in [6, 6.07) is 12.8. The van der Waals surface area contributed by atoms with Gasteiger partial charge in [-0.1, -0.05) is 18.2 Å². The van der Waals surface area contributed by atoms with Crippen LogP contribution in [0.15, 0.2) is 48.5 Å². The lowest BCUT2D eigenvalue weighted by Crippen LogP contribution is -2.22. The summed E-state index contributed by atoms with van der Waals surface area (Å²) in [6.45, 7) is -3.39. The molecule has 1 N–H and O–H groups in total. The quantitative estimate of drug-likeness (QED) is 0.587. The summed E-state index contributed by atoms with van der Waals surface area (Å²) >= 11 is 0. The number of nitrogens with one attached hydrogen (secondary N) is 1. The van der Waals surface area contributed by atoms with Gasteiger partial charge in [-0.15, -0.1) is 0 Å². The number of hydrogen-bond acceptors (Lipinski definition) is 5. The van der Waals surface area contributed by atoms with Gasteiger partial charge < -0.3 is 14.8 Å². The Kier molecular flexibility index (Phi) is 6.06. The molecular formula is C23H20F2N2O4. The molecule has 0 bridgehead atoms. The maximum Gasteiger partial charge on any atom is 0.387 e. The van der Waals surface area contributed by atoms with Crippen LogP contribution in [-0.4, -0.2) is 30.1 Å². The summed E-state index contributed by atoms with van der Waals surface area (Å²) in [5.41, 5.74) is 3.37. The van der Waals surface area contributed by atoms with Gasteiger partial charge in [-0.05, 0) is 61.6 Å². The molecule has 31 heavy (non-hydrogen) atoms. The molecule has 1 aromatic heterocycles. The van der Waals surface area contributed by atoms with E-state index in [9.17, 15) is 18.4 Å². The number of ether oxygens (including phenoxy) is 2. The number of benzene rings is 2. The second-order valence-corrected chi connectivity index (χ2v) is 7.16. The van der Waals surface area contributed by atoms with E-state index in [1.165, 1.54) is 24.3 Å². The number of fused-ring (bicyclic) bond motifs is 2. The van der Waals surface area contributed by atoms with Crippen molar-refractivity contribution in [2.45, 2.75) is 32.3 Å². The number of rotatable bonds is 6. The lowest BCUT2D eigenvalue weighted by atomic mass is 9.90. The molecule has 0 unspecified atom stereocenters. The van der Waals surface area contributed by atoms with Crippen molar-refractivity contribution in [1.29, 1.82) is 0 Å². The van der Waals surface area contributed by atoms with Gasteiger partial charge in [-0.3, -0.25) is 9.78 Å². The number of aryl methyl sites for hydroxylation is 1. The number of halogens is 2. The van der Waals surface area contributed by atoms with Crippen LogP contribution in [0, 0.1) is 0 Å². The maximum absolute atomic E-state index is 12.9. The highest BCUT2D eigenvalue weighted by atomic mass is 19.3. The molecule has 2 aromatic carbocycles. The van der Waals surface area contributed by atoms with Crippen molar-refractivity contribution in [3.05, 3.63) is 65.4 Å². The summed E-state index contributed by atoms with van der Waals surface area (Å²) in [5.74, 6) is -1.12. The number of carbonyl (C=O) groups is 2. The number of para-hydroxylation sites is 1. The molecule has 1 aliphatic carbocycles. The molecule has 160 valence electrons. The van der Waals surface area contributed by atoms with Crippen LogP contribution in [-0.2, 0) is 22.4 Å². The fraction of sp³-hybridized carbons (Fsp3) is 0.261. The predicted molar refractivity (Wildman–Crippen MR) is 110 cm³/mol. The van der Waals surface area contributed by atoms with Gasteiger partial charge in [-0.25, -0.2) is 4.79 Å². The Morgan fingerprint density at radius 3 is 2.55 bits per heavy atom. The highest BCUT2D eigenvalue weighted by Crippen LogP contribution is 2.29. The molecule has 1 heterocycles. The Morgan fingerprint density at radius 2 is 1.77 bits per heavy atom. The minimum absolute atomic E-state index is 0.0197. The molecule has 0 atom stereocenters. The average molecular weight is 426 g/mol. The van der Waals surface area contributed by atoms with Gasteiger partial charge in [0, 0.05) is 16.8 Å². The van der Waals surface area contributed by atoms with Crippen molar-refractivity contribution in [3.63, 3.8) is 0 Å². The molecule has 1 amide bonds. The molecule has 6 nitrogen and oxygen atoms in total. The first-order chi connectivity index (χ1) is 15.0. The van der Waals surface area contributed by atoms with Crippen LogP contribution in [0.1, 0.15) is 34.5 Å². The van der Waals surface area contributed by atoms with E-state index < -0.39 is 25.1 Å². The minimum Gasteiger partial charge on any atom is -0.452 e.